The maximum Gasteiger partial charge on any atom is 0.161 e. The van der Waals surface area contributed by atoms with Crippen molar-refractivity contribution in [3.63, 3.8) is 0 Å². The minimum Gasteiger partial charge on any atom is -0.493 e. The molecule has 1 aliphatic carbocycles. The highest BCUT2D eigenvalue weighted by Crippen LogP contribution is 2.34. The highest BCUT2D eigenvalue weighted by Gasteiger charge is 2.17. The molecule has 0 saturated heterocycles. The first kappa shape index (κ1) is 13.0. The molecule has 0 aliphatic heterocycles. The van der Waals surface area contributed by atoms with E-state index in [4.69, 9.17) is 9.47 Å². The summed E-state index contributed by atoms with van der Waals surface area (Å²) in [5.41, 5.74) is 1.98. The van der Waals surface area contributed by atoms with Crippen molar-refractivity contribution in [2.75, 3.05) is 14.2 Å². The van der Waals surface area contributed by atoms with Crippen LogP contribution in [0.1, 0.15) is 37.4 Å². The van der Waals surface area contributed by atoms with Gasteiger partial charge in [0.15, 0.2) is 11.5 Å². The van der Waals surface area contributed by atoms with Gasteiger partial charge in [0.25, 0.3) is 0 Å². The Morgan fingerprint density at radius 1 is 1.11 bits per heavy atom. The fourth-order valence-electron chi connectivity index (χ4n) is 2.35. The molecular weight excluding hydrogens is 228 g/mol. The minimum atomic E-state index is -0.523. The van der Waals surface area contributed by atoms with E-state index < -0.39 is 6.10 Å². The third kappa shape index (κ3) is 2.67. The zero-order valence-electron chi connectivity index (χ0n) is 11.0. The van der Waals surface area contributed by atoms with E-state index in [-0.39, 0.29) is 0 Å². The molecule has 0 radical (unpaired) electrons. The van der Waals surface area contributed by atoms with E-state index in [1.807, 2.05) is 18.2 Å². The summed E-state index contributed by atoms with van der Waals surface area (Å²) in [5, 5.41) is 10.4. The predicted octanol–water partition coefficient (Wildman–Crippen LogP) is 3.24. The Labute approximate surface area is 108 Å². The summed E-state index contributed by atoms with van der Waals surface area (Å²) >= 11 is 0. The van der Waals surface area contributed by atoms with Gasteiger partial charge in [-0.2, -0.15) is 0 Å². The molecule has 0 heterocycles. The lowest BCUT2D eigenvalue weighted by Crippen LogP contribution is -2.05. The molecule has 1 unspecified atom stereocenters. The van der Waals surface area contributed by atoms with Crippen molar-refractivity contribution in [2.45, 2.75) is 31.8 Å². The highest BCUT2D eigenvalue weighted by molar-refractivity contribution is 5.44. The van der Waals surface area contributed by atoms with Crippen molar-refractivity contribution in [1.29, 1.82) is 0 Å². The first-order chi connectivity index (χ1) is 8.76. The van der Waals surface area contributed by atoms with Gasteiger partial charge in [-0.25, -0.2) is 0 Å². The van der Waals surface area contributed by atoms with Gasteiger partial charge in [-0.3, -0.25) is 0 Å². The van der Waals surface area contributed by atoms with Crippen LogP contribution in [-0.4, -0.2) is 19.3 Å². The monoisotopic (exact) mass is 248 g/mol. The van der Waals surface area contributed by atoms with Crippen LogP contribution in [0.4, 0.5) is 0 Å². The number of aliphatic hydroxyl groups excluding tert-OH is 1. The molecule has 98 valence electrons. The zero-order chi connectivity index (χ0) is 13.0. The molecule has 0 saturated carbocycles. The summed E-state index contributed by atoms with van der Waals surface area (Å²) in [4.78, 5) is 0. The van der Waals surface area contributed by atoms with Crippen LogP contribution >= 0.6 is 0 Å². The van der Waals surface area contributed by atoms with Crippen LogP contribution in [0.3, 0.4) is 0 Å². The number of hydrogen-bond acceptors (Lipinski definition) is 3. The SMILES string of the molecule is COc1ccc(C(O)C2=CCCCC2)cc1OC. The van der Waals surface area contributed by atoms with Crippen LogP contribution in [0.15, 0.2) is 29.8 Å². The van der Waals surface area contributed by atoms with E-state index in [1.165, 1.54) is 6.42 Å². The molecule has 1 aliphatic rings. The Balaban J connectivity index is 2.24. The average Bonchev–Trinajstić information content (AvgIpc) is 2.46. The quantitative estimate of drug-likeness (QED) is 0.831. The summed E-state index contributed by atoms with van der Waals surface area (Å²) in [6.07, 6.45) is 6.07. The molecular formula is C15H20O3. The molecule has 1 atom stereocenters. The fraction of sp³-hybridized carbons (Fsp3) is 0.467. The maximum atomic E-state index is 10.4. The van der Waals surface area contributed by atoms with Crippen LogP contribution in [0.25, 0.3) is 0 Å². The molecule has 1 aromatic rings. The van der Waals surface area contributed by atoms with Gasteiger partial charge in [-0.15, -0.1) is 0 Å². The Hall–Kier alpha value is -1.48. The summed E-state index contributed by atoms with van der Waals surface area (Å²) in [6.45, 7) is 0. The van der Waals surface area contributed by atoms with E-state index in [2.05, 4.69) is 6.08 Å². The van der Waals surface area contributed by atoms with Crippen LogP contribution in [0.5, 0.6) is 11.5 Å². The molecule has 1 aromatic carbocycles. The predicted molar refractivity (Wildman–Crippen MR) is 71.1 cm³/mol. The molecule has 0 amide bonds. The zero-order valence-corrected chi connectivity index (χ0v) is 11.0. The molecule has 3 heteroatoms. The molecule has 0 fully saturated rings. The molecule has 2 rings (SSSR count). The van der Waals surface area contributed by atoms with Crippen molar-refractivity contribution in [3.8, 4) is 11.5 Å². The second-order valence-electron chi connectivity index (χ2n) is 4.54. The number of ether oxygens (including phenoxy) is 2. The van der Waals surface area contributed by atoms with Gasteiger partial charge >= 0.3 is 0 Å². The topological polar surface area (TPSA) is 38.7 Å². The van der Waals surface area contributed by atoms with Gasteiger partial charge in [0, 0.05) is 0 Å². The number of rotatable bonds is 4. The molecule has 18 heavy (non-hydrogen) atoms. The molecule has 1 N–H and O–H groups in total. The van der Waals surface area contributed by atoms with E-state index >= 15 is 0 Å². The standard InChI is InChI=1S/C15H20O3/c1-17-13-9-8-12(10-14(13)18-2)15(16)11-6-4-3-5-7-11/h6,8-10,15-16H,3-5,7H2,1-2H3. The molecule has 3 nitrogen and oxygen atoms in total. The number of hydrogen-bond donors (Lipinski definition) is 1. The Kier molecular flexibility index (Phi) is 4.26. The van der Waals surface area contributed by atoms with E-state index in [0.29, 0.717) is 11.5 Å². The van der Waals surface area contributed by atoms with E-state index in [0.717, 1.165) is 30.4 Å². The first-order valence-electron chi connectivity index (χ1n) is 6.35. The van der Waals surface area contributed by atoms with Crippen molar-refractivity contribution < 1.29 is 14.6 Å². The summed E-state index contributed by atoms with van der Waals surface area (Å²) in [5.74, 6) is 1.34. The van der Waals surface area contributed by atoms with Crippen LogP contribution < -0.4 is 9.47 Å². The van der Waals surface area contributed by atoms with Gasteiger partial charge in [-0.05, 0) is 49.0 Å². The Morgan fingerprint density at radius 3 is 2.50 bits per heavy atom. The van der Waals surface area contributed by atoms with Crippen molar-refractivity contribution in [3.05, 3.63) is 35.4 Å². The average molecular weight is 248 g/mol. The highest BCUT2D eigenvalue weighted by atomic mass is 16.5. The smallest absolute Gasteiger partial charge is 0.161 e. The van der Waals surface area contributed by atoms with Crippen molar-refractivity contribution in [2.24, 2.45) is 0 Å². The first-order valence-corrected chi connectivity index (χ1v) is 6.35. The van der Waals surface area contributed by atoms with Gasteiger partial charge in [0.05, 0.1) is 14.2 Å². The number of benzene rings is 1. The summed E-state index contributed by atoms with van der Waals surface area (Å²) in [6, 6.07) is 5.57. The maximum absolute atomic E-state index is 10.4. The number of methoxy groups -OCH3 is 2. The Morgan fingerprint density at radius 2 is 1.89 bits per heavy atom. The minimum absolute atomic E-state index is 0.523. The summed E-state index contributed by atoms with van der Waals surface area (Å²) < 4.78 is 10.5. The van der Waals surface area contributed by atoms with Crippen LogP contribution in [0, 0.1) is 0 Å². The third-order valence-corrected chi connectivity index (χ3v) is 3.40. The van der Waals surface area contributed by atoms with Gasteiger partial charge in [0.2, 0.25) is 0 Å². The lowest BCUT2D eigenvalue weighted by atomic mass is 9.92. The number of allylic oxidation sites excluding steroid dienone is 1. The van der Waals surface area contributed by atoms with Gasteiger partial charge in [0.1, 0.15) is 6.10 Å². The molecule has 0 bridgehead atoms. The van der Waals surface area contributed by atoms with Crippen LogP contribution in [0.2, 0.25) is 0 Å². The van der Waals surface area contributed by atoms with E-state index in [9.17, 15) is 5.11 Å². The number of aliphatic hydroxyl groups is 1. The molecule has 0 aromatic heterocycles. The fourth-order valence-corrected chi connectivity index (χ4v) is 2.35. The largest absolute Gasteiger partial charge is 0.493 e. The molecule has 0 spiro atoms. The lowest BCUT2D eigenvalue weighted by molar-refractivity contribution is 0.207. The van der Waals surface area contributed by atoms with E-state index in [1.54, 1.807) is 14.2 Å². The summed E-state index contributed by atoms with van der Waals surface area (Å²) in [7, 11) is 3.21. The third-order valence-electron chi connectivity index (χ3n) is 3.40. The Bertz CT molecular complexity index is 437. The second kappa shape index (κ2) is 5.91. The van der Waals surface area contributed by atoms with Crippen LogP contribution in [-0.2, 0) is 0 Å². The lowest BCUT2D eigenvalue weighted by Gasteiger charge is -2.20. The van der Waals surface area contributed by atoms with Gasteiger partial charge < -0.3 is 14.6 Å². The second-order valence-corrected chi connectivity index (χ2v) is 4.54. The van der Waals surface area contributed by atoms with Crippen molar-refractivity contribution in [1.82, 2.24) is 0 Å². The van der Waals surface area contributed by atoms with Gasteiger partial charge in [-0.1, -0.05) is 12.1 Å². The van der Waals surface area contributed by atoms with Crippen molar-refractivity contribution >= 4 is 0 Å². The normalized spacial score (nSPS) is 16.9.